The lowest BCUT2D eigenvalue weighted by Gasteiger charge is -2.36. The summed E-state index contributed by atoms with van der Waals surface area (Å²) in [6, 6.07) is 10.1. The molecule has 2 heterocycles. The van der Waals surface area contributed by atoms with Crippen LogP contribution in [-0.2, 0) is 9.53 Å². The fourth-order valence-corrected chi connectivity index (χ4v) is 3.75. The summed E-state index contributed by atoms with van der Waals surface area (Å²) < 4.78 is 5.47. The van der Waals surface area contributed by atoms with Crippen molar-refractivity contribution in [2.45, 2.75) is 43.8 Å². The molecule has 1 aromatic rings. The molecule has 0 radical (unpaired) electrons. The van der Waals surface area contributed by atoms with Gasteiger partial charge in [0, 0.05) is 12.1 Å². The third kappa shape index (κ3) is 3.11. The van der Waals surface area contributed by atoms with Gasteiger partial charge >= 0.3 is 5.97 Å². The van der Waals surface area contributed by atoms with Crippen molar-refractivity contribution in [3.8, 4) is 0 Å². The molecule has 2 aliphatic heterocycles. The van der Waals surface area contributed by atoms with Crippen molar-refractivity contribution in [1.29, 1.82) is 0 Å². The molecule has 1 aromatic carbocycles. The number of benzene rings is 1. The summed E-state index contributed by atoms with van der Waals surface area (Å²) in [4.78, 5) is 14.6. The van der Waals surface area contributed by atoms with Crippen molar-refractivity contribution < 1.29 is 9.53 Å². The molecule has 0 saturated carbocycles. The Morgan fingerprint density at radius 3 is 2.52 bits per heavy atom. The van der Waals surface area contributed by atoms with Gasteiger partial charge in [0.25, 0.3) is 0 Å². The zero-order chi connectivity index (χ0) is 14.8. The van der Waals surface area contributed by atoms with Crippen molar-refractivity contribution in [3.05, 3.63) is 35.9 Å². The summed E-state index contributed by atoms with van der Waals surface area (Å²) in [5, 5.41) is 0. The van der Waals surface area contributed by atoms with Gasteiger partial charge in [0.05, 0.1) is 6.61 Å². The van der Waals surface area contributed by atoms with Gasteiger partial charge in [0.2, 0.25) is 0 Å². The first-order chi connectivity index (χ1) is 10.1. The van der Waals surface area contributed by atoms with Crippen LogP contribution in [0.4, 0.5) is 0 Å². The minimum atomic E-state index is -0.672. The summed E-state index contributed by atoms with van der Waals surface area (Å²) in [5.74, 6) is 0.179. The van der Waals surface area contributed by atoms with Gasteiger partial charge in [-0.1, -0.05) is 30.3 Å². The lowest BCUT2D eigenvalue weighted by molar-refractivity contribution is -0.147. The number of hydrogen-bond acceptors (Lipinski definition) is 4. The van der Waals surface area contributed by atoms with Crippen LogP contribution in [-0.4, -0.2) is 36.6 Å². The standard InChI is InChI=1S/C17H24N2O2/c1-19-14-7-8-15(19)10-12(9-14)11-21-17(20)16(18)13-5-3-2-4-6-13/h2-6,12,14-16H,7-11,18H2,1H3/t12?,14-,15+,16?. The predicted octanol–water partition coefficient (Wildman–Crippen LogP) is 2.10. The molecule has 114 valence electrons. The van der Waals surface area contributed by atoms with Crippen LogP contribution in [0.3, 0.4) is 0 Å². The van der Waals surface area contributed by atoms with E-state index in [2.05, 4.69) is 11.9 Å². The Labute approximate surface area is 126 Å². The molecule has 2 aliphatic rings. The van der Waals surface area contributed by atoms with Gasteiger partial charge in [0.1, 0.15) is 6.04 Å². The molecule has 2 N–H and O–H groups in total. The van der Waals surface area contributed by atoms with Crippen LogP contribution in [0, 0.1) is 5.92 Å². The molecule has 3 rings (SSSR count). The smallest absolute Gasteiger partial charge is 0.327 e. The summed E-state index contributed by atoms with van der Waals surface area (Å²) >= 11 is 0. The minimum Gasteiger partial charge on any atom is -0.464 e. The summed E-state index contributed by atoms with van der Waals surface area (Å²) in [6.45, 7) is 0.514. The molecule has 2 unspecified atom stereocenters. The Balaban J connectivity index is 1.50. The van der Waals surface area contributed by atoms with E-state index in [1.54, 1.807) is 0 Å². The minimum absolute atomic E-state index is 0.313. The number of carbonyl (C=O) groups excluding carboxylic acids is 1. The molecule has 4 heteroatoms. The number of nitrogens with two attached hydrogens (primary N) is 1. The van der Waals surface area contributed by atoms with Crippen molar-refractivity contribution >= 4 is 5.97 Å². The number of nitrogens with zero attached hydrogens (tertiary/aromatic N) is 1. The molecule has 0 aromatic heterocycles. The van der Waals surface area contributed by atoms with E-state index in [0.717, 1.165) is 18.4 Å². The molecule has 0 spiro atoms. The fraction of sp³-hybridized carbons (Fsp3) is 0.588. The Morgan fingerprint density at radius 1 is 1.29 bits per heavy atom. The van der Waals surface area contributed by atoms with Gasteiger partial charge in [-0.25, -0.2) is 4.79 Å². The largest absolute Gasteiger partial charge is 0.464 e. The second kappa shape index (κ2) is 6.16. The van der Waals surface area contributed by atoms with E-state index in [4.69, 9.17) is 10.5 Å². The summed E-state index contributed by atoms with van der Waals surface area (Å²) in [6.07, 6.45) is 4.85. The van der Waals surface area contributed by atoms with Gasteiger partial charge in [-0.05, 0) is 44.2 Å². The molecule has 0 aliphatic carbocycles. The highest BCUT2D eigenvalue weighted by atomic mass is 16.5. The van der Waals surface area contributed by atoms with E-state index in [9.17, 15) is 4.79 Å². The van der Waals surface area contributed by atoms with Crippen LogP contribution >= 0.6 is 0 Å². The maximum Gasteiger partial charge on any atom is 0.327 e. The molecule has 21 heavy (non-hydrogen) atoms. The predicted molar refractivity (Wildman–Crippen MR) is 81.6 cm³/mol. The number of rotatable bonds is 4. The van der Waals surface area contributed by atoms with Gasteiger partial charge in [-0.3, -0.25) is 0 Å². The average Bonchev–Trinajstić information content (AvgIpc) is 2.75. The first-order valence-electron chi connectivity index (χ1n) is 7.84. The number of carbonyl (C=O) groups is 1. The maximum absolute atomic E-state index is 12.1. The second-order valence-corrected chi connectivity index (χ2v) is 6.41. The van der Waals surface area contributed by atoms with Crippen LogP contribution in [0.15, 0.2) is 30.3 Å². The molecular weight excluding hydrogens is 264 g/mol. The van der Waals surface area contributed by atoms with Crippen LogP contribution in [0.5, 0.6) is 0 Å². The van der Waals surface area contributed by atoms with Gasteiger partial charge in [0.15, 0.2) is 0 Å². The summed E-state index contributed by atoms with van der Waals surface area (Å²) in [5.41, 5.74) is 6.77. The molecule has 4 nitrogen and oxygen atoms in total. The molecule has 4 atom stereocenters. The van der Waals surface area contributed by atoms with Crippen molar-refractivity contribution in [1.82, 2.24) is 4.90 Å². The quantitative estimate of drug-likeness (QED) is 0.862. The molecule has 2 saturated heterocycles. The van der Waals surface area contributed by atoms with Crippen LogP contribution in [0.25, 0.3) is 0 Å². The third-order valence-electron chi connectivity index (χ3n) is 5.07. The van der Waals surface area contributed by atoms with E-state index < -0.39 is 6.04 Å². The Kier molecular flexibility index (Phi) is 4.27. The number of hydrogen-bond donors (Lipinski definition) is 1. The van der Waals surface area contributed by atoms with E-state index >= 15 is 0 Å². The topological polar surface area (TPSA) is 55.6 Å². The van der Waals surface area contributed by atoms with E-state index in [0.29, 0.717) is 24.6 Å². The number of esters is 1. The lowest BCUT2D eigenvalue weighted by atomic mass is 9.92. The molecule has 0 amide bonds. The highest BCUT2D eigenvalue weighted by Crippen LogP contribution is 2.37. The van der Waals surface area contributed by atoms with E-state index in [-0.39, 0.29) is 5.97 Å². The van der Waals surface area contributed by atoms with Crippen LogP contribution < -0.4 is 5.73 Å². The summed E-state index contributed by atoms with van der Waals surface area (Å²) in [7, 11) is 2.22. The zero-order valence-electron chi connectivity index (χ0n) is 12.6. The first kappa shape index (κ1) is 14.5. The van der Waals surface area contributed by atoms with E-state index in [1.807, 2.05) is 30.3 Å². The second-order valence-electron chi connectivity index (χ2n) is 6.41. The Hall–Kier alpha value is -1.39. The van der Waals surface area contributed by atoms with Crippen LogP contribution in [0.1, 0.15) is 37.3 Å². The lowest BCUT2D eigenvalue weighted by Crippen LogP contribution is -2.41. The highest BCUT2D eigenvalue weighted by Gasteiger charge is 2.38. The number of ether oxygens (including phenoxy) is 1. The van der Waals surface area contributed by atoms with E-state index in [1.165, 1.54) is 12.8 Å². The first-order valence-corrected chi connectivity index (χ1v) is 7.84. The van der Waals surface area contributed by atoms with Crippen molar-refractivity contribution in [3.63, 3.8) is 0 Å². The highest BCUT2D eigenvalue weighted by molar-refractivity contribution is 5.77. The Morgan fingerprint density at radius 2 is 1.90 bits per heavy atom. The number of piperidine rings is 1. The zero-order valence-corrected chi connectivity index (χ0v) is 12.6. The SMILES string of the molecule is CN1[C@@H]2CC[C@H]1CC(COC(=O)C(N)c1ccccc1)C2. The number of fused-ring (bicyclic) bond motifs is 2. The maximum atomic E-state index is 12.1. The van der Waals surface area contributed by atoms with Gasteiger partial charge < -0.3 is 15.4 Å². The van der Waals surface area contributed by atoms with Gasteiger partial charge in [-0.15, -0.1) is 0 Å². The molecule has 2 fully saturated rings. The normalized spacial score (nSPS) is 30.1. The van der Waals surface area contributed by atoms with Crippen LogP contribution in [0.2, 0.25) is 0 Å². The molecular formula is C17H24N2O2. The van der Waals surface area contributed by atoms with Crippen molar-refractivity contribution in [2.24, 2.45) is 11.7 Å². The molecule has 2 bridgehead atoms. The van der Waals surface area contributed by atoms with Gasteiger partial charge in [-0.2, -0.15) is 0 Å². The monoisotopic (exact) mass is 288 g/mol. The third-order valence-corrected chi connectivity index (χ3v) is 5.07. The average molecular weight is 288 g/mol. The van der Waals surface area contributed by atoms with Crippen molar-refractivity contribution in [2.75, 3.05) is 13.7 Å². The Bertz CT molecular complexity index is 477. The fourth-order valence-electron chi connectivity index (χ4n) is 3.75.